The molecule has 14 nitrogen and oxygen atoms in total. The normalized spacial score (nSPS) is 54.1. The minimum Gasteiger partial charge on any atom is -0.481 e. The van der Waals surface area contributed by atoms with Crippen LogP contribution in [-0.2, 0) is 28.5 Å². The van der Waals surface area contributed by atoms with Gasteiger partial charge in [0.2, 0.25) is 0 Å². The molecule has 0 aromatic carbocycles. The molecule has 0 bridgehead atoms. The minimum absolute atomic E-state index is 0.0190. The molecule has 20 atom stereocenters. The largest absolute Gasteiger partial charge is 0.481 e. The van der Waals surface area contributed by atoms with Crippen LogP contribution in [0.25, 0.3) is 0 Å². The Morgan fingerprint density at radius 1 is 0.750 bits per heavy atom. The molecule has 8 N–H and O–H groups in total. The fraction of sp³-hybridized carbons (Fsp3) is 0.905. The first kappa shape index (κ1) is 42.4. The third kappa shape index (κ3) is 5.85. The summed E-state index contributed by atoms with van der Waals surface area (Å²) in [6.45, 7) is 14.0. The van der Waals surface area contributed by atoms with E-state index in [1.807, 2.05) is 0 Å². The van der Waals surface area contributed by atoms with Gasteiger partial charge in [0.25, 0.3) is 0 Å². The Morgan fingerprint density at radius 3 is 2.07 bits per heavy atom. The highest BCUT2D eigenvalue weighted by atomic mass is 16.7. The van der Waals surface area contributed by atoms with Crippen LogP contribution < -0.4 is 0 Å². The summed E-state index contributed by atoms with van der Waals surface area (Å²) < 4.78 is 24.1. The summed E-state index contributed by atoms with van der Waals surface area (Å²) in [5.74, 6) is -1.49. The van der Waals surface area contributed by atoms with Crippen molar-refractivity contribution in [2.75, 3.05) is 6.61 Å². The summed E-state index contributed by atoms with van der Waals surface area (Å²) in [6, 6.07) is 0. The van der Waals surface area contributed by atoms with Crippen molar-refractivity contribution in [3.8, 4) is 0 Å². The molecule has 0 spiro atoms. The average molecular weight is 795 g/mol. The molecule has 4 saturated carbocycles. The van der Waals surface area contributed by atoms with Crippen LogP contribution in [0.15, 0.2) is 11.6 Å². The molecule has 6 fully saturated rings. The van der Waals surface area contributed by atoms with Crippen molar-refractivity contribution in [3.05, 3.63) is 11.6 Å². The number of hydrogen-bond acceptors (Lipinski definition) is 12. The molecular formula is C42H66O14. The van der Waals surface area contributed by atoms with Crippen LogP contribution in [0.2, 0.25) is 0 Å². The summed E-state index contributed by atoms with van der Waals surface area (Å²) in [6.07, 6.45) is -7.03. The molecule has 0 unspecified atom stereocenters. The Labute approximate surface area is 329 Å². The smallest absolute Gasteiger partial charge is 0.314 e. The third-order valence-corrected chi connectivity index (χ3v) is 17.4. The summed E-state index contributed by atoms with van der Waals surface area (Å²) >= 11 is 0. The Bertz CT molecular complexity index is 1550. The maximum atomic E-state index is 14.0. The van der Waals surface area contributed by atoms with Crippen LogP contribution in [0.5, 0.6) is 0 Å². The van der Waals surface area contributed by atoms with Crippen LogP contribution >= 0.6 is 0 Å². The quantitative estimate of drug-likeness (QED) is 0.137. The lowest BCUT2D eigenvalue weighted by Crippen LogP contribution is -2.68. The first-order valence-corrected chi connectivity index (χ1v) is 20.9. The second-order valence-corrected chi connectivity index (χ2v) is 20.0. The molecule has 7 aliphatic rings. The van der Waals surface area contributed by atoms with E-state index in [0.717, 1.165) is 24.8 Å². The number of allylic oxidation sites excluding steroid dienone is 1. The summed E-state index contributed by atoms with van der Waals surface area (Å²) in [4.78, 5) is 27.1. The van der Waals surface area contributed by atoms with E-state index < -0.39 is 108 Å². The number of carboxylic acid groups (broad SMARTS) is 2. The summed E-state index contributed by atoms with van der Waals surface area (Å²) in [5.41, 5.74) is -2.61. The van der Waals surface area contributed by atoms with E-state index in [-0.39, 0.29) is 29.1 Å². The van der Waals surface area contributed by atoms with Gasteiger partial charge in [0.05, 0.1) is 29.6 Å². The zero-order valence-corrected chi connectivity index (χ0v) is 33.9. The molecule has 5 aliphatic carbocycles. The van der Waals surface area contributed by atoms with Crippen molar-refractivity contribution < 1.29 is 69.4 Å². The lowest BCUT2D eigenvalue weighted by Gasteiger charge is -2.70. The molecule has 318 valence electrons. The highest BCUT2D eigenvalue weighted by molar-refractivity contribution is 5.84. The topological polar surface area (TPSA) is 233 Å². The summed E-state index contributed by atoms with van der Waals surface area (Å²) in [5, 5.41) is 85.6. The molecule has 14 heteroatoms. The zero-order chi connectivity index (χ0) is 41.1. The van der Waals surface area contributed by atoms with Crippen molar-refractivity contribution in [1.29, 1.82) is 0 Å². The maximum Gasteiger partial charge on any atom is 0.314 e. The number of aliphatic hydroxyl groups is 6. The zero-order valence-electron chi connectivity index (χ0n) is 33.9. The van der Waals surface area contributed by atoms with Crippen molar-refractivity contribution in [1.82, 2.24) is 0 Å². The first-order chi connectivity index (χ1) is 26.1. The van der Waals surface area contributed by atoms with Gasteiger partial charge < -0.3 is 59.8 Å². The number of aliphatic carboxylic acids is 2. The van der Waals surface area contributed by atoms with Gasteiger partial charge in [-0.1, -0.05) is 53.2 Å². The predicted molar refractivity (Wildman–Crippen MR) is 198 cm³/mol. The molecule has 0 aromatic rings. The Balaban J connectivity index is 1.14. The second kappa shape index (κ2) is 14.5. The van der Waals surface area contributed by atoms with E-state index in [0.29, 0.717) is 44.4 Å². The molecule has 7 rings (SSSR count). The molecule has 56 heavy (non-hydrogen) atoms. The fourth-order valence-electron chi connectivity index (χ4n) is 14.0. The van der Waals surface area contributed by atoms with E-state index in [1.54, 1.807) is 6.92 Å². The fourth-order valence-corrected chi connectivity index (χ4v) is 14.0. The van der Waals surface area contributed by atoms with Gasteiger partial charge in [-0.15, -0.1) is 0 Å². The number of fused-ring (bicyclic) bond motifs is 7. The van der Waals surface area contributed by atoms with E-state index in [4.69, 9.17) is 18.9 Å². The van der Waals surface area contributed by atoms with Crippen molar-refractivity contribution in [3.63, 3.8) is 0 Å². The first-order valence-electron chi connectivity index (χ1n) is 20.9. The molecular weight excluding hydrogens is 728 g/mol. The van der Waals surface area contributed by atoms with Gasteiger partial charge in [-0.3, -0.25) is 9.59 Å². The number of carbonyl (C=O) groups is 2. The number of rotatable bonds is 7. The molecule has 0 radical (unpaired) electrons. The van der Waals surface area contributed by atoms with Gasteiger partial charge in [-0.25, -0.2) is 0 Å². The number of aliphatic hydroxyl groups excluding tert-OH is 6. The van der Waals surface area contributed by atoms with E-state index >= 15 is 0 Å². The molecule has 2 saturated heterocycles. The monoisotopic (exact) mass is 794 g/mol. The van der Waals surface area contributed by atoms with Crippen molar-refractivity contribution >= 4 is 11.9 Å². The van der Waals surface area contributed by atoms with Gasteiger partial charge in [0, 0.05) is 0 Å². The second-order valence-electron chi connectivity index (χ2n) is 20.0. The summed E-state index contributed by atoms with van der Waals surface area (Å²) in [7, 11) is 0. The molecule has 2 heterocycles. The Kier molecular flexibility index (Phi) is 11.0. The van der Waals surface area contributed by atoms with Crippen LogP contribution in [-0.4, -0.2) is 127 Å². The highest BCUT2D eigenvalue weighted by Crippen LogP contribution is 2.76. The van der Waals surface area contributed by atoms with Gasteiger partial charge in [0.15, 0.2) is 12.6 Å². The van der Waals surface area contributed by atoms with Gasteiger partial charge in [-0.05, 0) is 111 Å². The maximum absolute atomic E-state index is 14.0. The van der Waals surface area contributed by atoms with Crippen LogP contribution in [0.4, 0.5) is 0 Å². The Hall–Kier alpha value is -1.72. The van der Waals surface area contributed by atoms with Gasteiger partial charge in [-0.2, -0.15) is 0 Å². The third-order valence-electron chi connectivity index (χ3n) is 17.4. The van der Waals surface area contributed by atoms with Crippen molar-refractivity contribution in [2.24, 2.45) is 56.7 Å². The van der Waals surface area contributed by atoms with Crippen LogP contribution in [0.1, 0.15) is 106 Å². The van der Waals surface area contributed by atoms with E-state index in [2.05, 4.69) is 47.6 Å². The minimum atomic E-state index is -1.73. The van der Waals surface area contributed by atoms with E-state index in [1.165, 1.54) is 0 Å². The lowest BCUT2D eigenvalue weighted by atomic mass is 9.33. The SMILES string of the molecule is C[C@@H]1[C@@H](C)CC[C@]2(C(=O)O)CC[C@]3(C(=O)O)C(=CC[C@@H]4[C@]5(C)CC[C@H](O[C@H]6O[C@@H](C)[C@H](O)[C@@H](O[C@H]7O[C@@H](CO)[C@H](O)[C@@H](O)[C@@H]7O)[C@@H]6O)C(C)(C)[C@H]5CC[C@@]43C)[C@@H]12. The van der Waals surface area contributed by atoms with Crippen LogP contribution in [0, 0.1) is 56.7 Å². The van der Waals surface area contributed by atoms with Crippen LogP contribution in [0.3, 0.4) is 0 Å². The number of hydrogen-bond donors (Lipinski definition) is 8. The highest BCUT2D eigenvalue weighted by Gasteiger charge is 2.73. The number of ether oxygens (including phenoxy) is 4. The lowest BCUT2D eigenvalue weighted by molar-refractivity contribution is -0.366. The predicted octanol–water partition coefficient (Wildman–Crippen LogP) is 2.83. The number of carboxylic acids is 2. The van der Waals surface area contributed by atoms with Gasteiger partial charge in [0.1, 0.15) is 42.7 Å². The Morgan fingerprint density at radius 2 is 1.43 bits per heavy atom. The van der Waals surface area contributed by atoms with Gasteiger partial charge >= 0.3 is 11.9 Å². The van der Waals surface area contributed by atoms with E-state index in [9.17, 15) is 50.4 Å². The molecule has 0 aromatic heterocycles. The standard InChI is InChI=1S/C42H66O14/c1-19-10-15-41(36(49)50)16-17-42(37(51)52)22(27(41)20(19)2)8-9-25-39(6)13-12-26(38(4,5)24(39)11-14-40(25,42)7)55-35-32(48)33(28(44)21(3)53-35)56-34-31(47)30(46)29(45)23(18-43)54-34/h8,19-21,23-35,43-48H,9-18H2,1-7H3,(H,49,50)(H,51,52)/t19-,20+,21-,23-,24+,25+,26-,27+,28-,29-,30+,31-,32-,33+,34+,35+,39+,40-,41-,42+/m0/s1. The average Bonchev–Trinajstić information content (AvgIpc) is 3.14. The molecule has 0 amide bonds. The van der Waals surface area contributed by atoms with Crippen molar-refractivity contribution in [2.45, 2.75) is 174 Å². The molecule has 2 aliphatic heterocycles.